The number of nitrogens with one attached hydrogen (secondary N) is 1. The van der Waals surface area contributed by atoms with E-state index in [1.165, 1.54) is 11.1 Å². The van der Waals surface area contributed by atoms with Crippen LogP contribution in [0.1, 0.15) is 42.3 Å². The molecule has 4 rings (SSSR count). The Morgan fingerprint density at radius 2 is 1.72 bits per heavy atom. The number of urea groups is 1. The summed E-state index contributed by atoms with van der Waals surface area (Å²) in [5.41, 5.74) is 2.26. The Bertz CT molecular complexity index is 1130. The molecular weight excluding hydrogens is 473 g/mol. The number of aromatic nitrogens is 1. The first-order chi connectivity index (χ1) is 17.0. The first-order valence-corrected chi connectivity index (χ1v) is 11.8. The predicted molar refractivity (Wildman–Crippen MR) is 128 cm³/mol. The molecule has 1 N–H and O–H groups in total. The fraction of sp³-hybridized carbons (Fsp3) is 0.440. The van der Waals surface area contributed by atoms with Crippen LogP contribution in [0, 0.1) is 6.92 Å². The Morgan fingerprint density at radius 3 is 2.28 bits per heavy atom. The predicted octanol–water partition coefficient (Wildman–Crippen LogP) is 3.43. The first kappa shape index (κ1) is 25.6. The number of pyridine rings is 1. The zero-order valence-corrected chi connectivity index (χ0v) is 20.4. The minimum absolute atomic E-state index is 0.0428. The van der Waals surface area contributed by atoms with Crippen molar-refractivity contribution in [3.05, 3.63) is 65.0 Å². The van der Waals surface area contributed by atoms with Crippen molar-refractivity contribution in [3.8, 4) is 0 Å². The molecule has 0 saturated carbocycles. The minimum atomic E-state index is -4.52. The number of rotatable bonds is 4. The molecule has 192 valence electrons. The summed E-state index contributed by atoms with van der Waals surface area (Å²) in [5, 5.41) is 8.82. The molecule has 0 aliphatic carbocycles. The van der Waals surface area contributed by atoms with E-state index in [1.807, 2.05) is 31.2 Å². The Morgan fingerprint density at radius 1 is 1.06 bits per heavy atom. The second-order valence-corrected chi connectivity index (χ2v) is 9.14. The molecule has 1 fully saturated rings. The van der Waals surface area contributed by atoms with Crippen LogP contribution in [-0.2, 0) is 11.0 Å². The standard InChI is InChI=1S/C25H29F3N6O2/c1-16-4-6-19(7-5-16)23-21(33-12-10-32(11-13-33)18(3)35)15-34(31-23)24(36)30-17(2)20-8-9-22(29-14-20)25(26,27)28/h4-9,14,17,21H,10-13,15H2,1-3H3,(H,30,36)/t17-,21+/m1/s1. The van der Waals surface area contributed by atoms with Crippen molar-refractivity contribution in [1.82, 2.24) is 25.1 Å². The summed E-state index contributed by atoms with van der Waals surface area (Å²) >= 11 is 0. The summed E-state index contributed by atoms with van der Waals surface area (Å²) in [5.74, 6) is 0.0428. The number of halogens is 3. The quantitative estimate of drug-likeness (QED) is 0.695. The van der Waals surface area contributed by atoms with Crippen molar-refractivity contribution in [3.63, 3.8) is 0 Å². The molecule has 3 amide bonds. The van der Waals surface area contributed by atoms with Crippen LogP contribution in [0.3, 0.4) is 0 Å². The van der Waals surface area contributed by atoms with Crippen molar-refractivity contribution in [1.29, 1.82) is 0 Å². The smallest absolute Gasteiger partial charge is 0.340 e. The number of aryl methyl sites for hydroxylation is 1. The van der Waals surface area contributed by atoms with Gasteiger partial charge >= 0.3 is 12.2 Å². The van der Waals surface area contributed by atoms with Gasteiger partial charge in [-0.25, -0.2) is 9.80 Å². The summed E-state index contributed by atoms with van der Waals surface area (Å²) in [4.78, 5) is 32.3. The highest BCUT2D eigenvalue weighted by Crippen LogP contribution is 2.28. The maximum Gasteiger partial charge on any atom is 0.433 e. The van der Waals surface area contributed by atoms with Gasteiger partial charge in [-0.3, -0.25) is 14.7 Å². The Hall–Kier alpha value is -3.47. The summed E-state index contributed by atoms with van der Waals surface area (Å²) in [6.07, 6.45) is -3.40. The number of alkyl halides is 3. The van der Waals surface area contributed by atoms with Gasteiger partial charge < -0.3 is 10.2 Å². The molecular formula is C25H29F3N6O2. The molecule has 0 spiro atoms. The van der Waals surface area contributed by atoms with Gasteiger partial charge in [-0.05, 0) is 31.0 Å². The summed E-state index contributed by atoms with van der Waals surface area (Å²) in [6.45, 7) is 8.11. The van der Waals surface area contributed by atoms with Crippen LogP contribution in [0.4, 0.5) is 18.0 Å². The van der Waals surface area contributed by atoms with Crippen molar-refractivity contribution >= 4 is 17.6 Å². The molecule has 0 radical (unpaired) electrons. The fourth-order valence-electron chi connectivity index (χ4n) is 4.40. The number of carbonyl (C=O) groups excluding carboxylic acids is 2. The number of nitrogens with zero attached hydrogens (tertiary/aromatic N) is 5. The maximum atomic E-state index is 13.1. The van der Waals surface area contributed by atoms with Crippen molar-refractivity contribution in [2.45, 2.75) is 39.0 Å². The Balaban J connectivity index is 1.49. The van der Waals surface area contributed by atoms with E-state index in [-0.39, 0.29) is 11.9 Å². The number of amides is 3. The average Bonchev–Trinajstić information content (AvgIpc) is 3.30. The van der Waals surface area contributed by atoms with E-state index in [1.54, 1.807) is 18.7 Å². The molecule has 36 heavy (non-hydrogen) atoms. The highest BCUT2D eigenvalue weighted by molar-refractivity contribution is 6.06. The monoisotopic (exact) mass is 502 g/mol. The summed E-state index contributed by atoms with van der Waals surface area (Å²) in [6, 6.07) is 8.99. The highest BCUT2D eigenvalue weighted by atomic mass is 19.4. The largest absolute Gasteiger partial charge is 0.433 e. The molecule has 2 aromatic rings. The summed E-state index contributed by atoms with van der Waals surface area (Å²) in [7, 11) is 0. The first-order valence-electron chi connectivity index (χ1n) is 11.8. The molecule has 8 nitrogen and oxygen atoms in total. The molecule has 11 heteroatoms. The van der Waals surface area contributed by atoms with E-state index >= 15 is 0 Å². The van der Waals surface area contributed by atoms with Crippen molar-refractivity contribution in [2.24, 2.45) is 5.10 Å². The van der Waals surface area contributed by atoms with Crippen LogP contribution in [0.2, 0.25) is 0 Å². The Labute approximate surface area is 207 Å². The topological polar surface area (TPSA) is 81.1 Å². The highest BCUT2D eigenvalue weighted by Gasteiger charge is 2.37. The number of piperazine rings is 1. The van der Waals surface area contributed by atoms with E-state index in [2.05, 4.69) is 20.3 Å². The van der Waals surface area contributed by atoms with Gasteiger partial charge in [-0.1, -0.05) is 35.9 Å². The van der Waals surface area contributed by atoms with E-state index in [9.17, 15) is 22.8 Å². The SMILES string of the molecule is CC(=O)N1CCN([C@H]2CN(C(=O)N[C@H](C)c3ccc(C(F)(F)F)nc3)N=C2c2ccc(C)cc2)CC1. The van der Waals surface area contributed by atoms with E-state index in [4.69, 9.17) is 0 Å². The van der Waals surface area contributed by atoms with Gasteiger partial charge in [-0.15, -0.1) is 0 Å². The van der Waals surface area contributed by atoms with Crippen LogP contribution in [0.25, 0.3) is 0 Å². The van der Waals surface area contributed by atoms with Gasteiger partial charge in [0.25, 0.3) is 0 Å². The van der Waals surface area contributed by atoms with Crippen LogP contribution in [0.15, 0.2) is 47.7 Å². The van der Waals surface area contributed by atoms with Crippen molar-refractivity contribution in [2.75, 3.05) is 32.7 Å². The average molecular weight is 503 g/mol. The van der Waals surface area contributed by atoms with Gasteiger partial charge in [0, 0.05) is 39.3 Å². The normalized spacial score (nSPS) is 19.7. The minimum Gasteiger partial charge on any atom is -0.340 e. The molecule has 3 heterocycles. The Kier molecular flexibility index (Phi) is 7.30. The number of carbonyl (C=O) groups is 2. The number of hydrogen-bond acceptors (Lipinski definition) is 5. The van der Waals surface area contributed by atoms with Crippen LogP contribution in [0.5, 0.6) is 0 Å². The number of benzene rings is 1. The van der Waals surface area contributed by atoms with Gasteiger partial charge in [0.15, 0.2) is 0 Å². The van der Waals surface area contributed by atoms with E-state index < -0.39 is 23.9 Å². The lowest BCUT2D eigenvalue weighted by molar-refractivity contribution is -0.141. The lowest BCUT2D eigenvalue weighted by atomic mass is 10.0. The van der Waals surface area contributed by atoms with Crippen molar-refractivity contribution < 1.29 is 22.8 Å². The van der Waals surface area contributed by atoms with Crippen LogP contribution >= 0.6 is 0 Å². The van der Waals surface area contributed by atoms with Crippen LogP contribution < -0.4 is 5.32 Å². The molecule has 1 saturated heterocycles. The molecule has 0 bridgehead atoms. The van der Waals surface area contributed by atoms with Gasteiger partial charge in [0.1, 0.15) is 5.69 Å². The second kappa shape index (κ2) is 10.3. The number of hydrogen-bond donors (Lipinski definition) is 1. The van der Waals surface area contributed by atoms with Crippen LogP contribution in [-0.4, -0.2) is 76.2 Å². The van der Waals surface area contributed by atoms with Gasteiger partial charge in [-0.2, -0.15) is 18.3 Å². The summed E-state index contributed by atoms with van der Waals surface area (Å²) < 4.78 is 38.4. The lowest BCUT2D eigenvalue weighted by Crippen LogP contribution is -2.54. The van der Waals surface area contributed by atoms with E-state index in [0.29, 0.717) is 38.3 Å². The molecule has 2 atom stereocenters. The zero-order chi connectivity index (χ0) is 26.0. The second-order valence-electron chi connectivity index (χ2n) is 9.14. The maximum absolute atomic E-state index is 13.1. The van der Waals surface area contributed by atoms with Gasteiger partial charge in [0.05, 0.1) is 24.3 Å². The fourth-order valence-corrected chi connectivity index (χ4v) is 4.40. The van der Waals surface area contributed by atoms with E-state index in [0.717, 1.165) is 29.1 Å². The number of hydrazone groups is 1. The third kappa shape index (κ3) is 5.67. The third-order valence-corrected chi connectivity index (χ3v) is 6.59. The lowest BCUT2D eigenvalue weighted by Gasteiger charge is -2.37. The zero-order valence-electron chi connectivity index (χ0n) is 20.4. The molecule has 0 unspecified atom stereocenters. The third-order valence-electron chi connectivity index (χ3n) is 6.59. The molecule has 1 aromatic carbocycles. The molecule has 2 aliphatic rings. The molecule has 2 aliphatic heterocycles. The molecule has 1 aromatic heterocycles. The van der Waals surface area contributed by atoms with Gasteiger partial charge in [0.2, 0.25) is 5.91 Å².